The van der Waals surface area contributed by atoms with E-state index in [9.17, 15) is 4.79 Å². The number of ether oxygens (including phenoxy) is 1. The van der Waals surface area contributed by atoms with Crippen LogP contribution >= 0.6 is 0 Å². The van der Waals surface area contributed by atoms with Crippen LogP contribution in [0.5, 0.6) is 5.75 Å². The summed E-state index contributed by atoms with van der Waals surface area (Å²) in [5.74, 6) is -0.791. The third-order valence-electron chi connectivity index (χ3n) is 2.58. The minimum Gasteiger partial charge on any atom is -0.484 e. The number of benzene rings is 1. The minimum absolute atomic E-state index is 0.0790. The maximum atomic E-state index is 10.8. The van der Waals surface area contributed by atoms with Gasteiger partial charge in [0.1, 0.15) is 11.7 Å². The van der Waals surface area contributed by atoms with E-state index >= 15 is 0 Å². The van der Waals surface area contributed by atoms with Crippen LogP contribution in [0.3, 0.4) is 0 Å². The van der Waals surface area contributed by atoms with E-state index in [-0.39, 0.29) is 18.4 Å². The van der Waals surface area contributed by atoms with Crippen LogP contribution < -0.4 is 4.74 Å². The van der Waals surface area contributed by atoms with Crippen molar-refractivity contribution in [2.45, 2.75) is 26.4 Å². The highest BCUT2D eigenvalue weighted by Crippen LogP contribution is 2.16. The van der Waals surface area contributed by atoms with Gasteiger partial charge in [0.25, 0.3) is 5.89 Å². The quantitative estimate of drug-likeness (QED) is 0.888. The Morgan fingerprint density at radius 2 is 2.26 bits per heavy atom. The molecule has 6 heteroatoms. The molecule has 1 heterocycles. The molecule has 1 aromatic heterocycles. The third-order valence-corrected chi connectivity index (χ3v) is 2.58. The molecule has 1 atom stereocenters. The van der Waals surface area contributed by atoms with E-state index in [0.29, 0.717) is 5.75 Å². The molecule has 0 aliphatic rings. The summed E-state index contributed by atoms with van der Waals surface area (Å²) in [7, 11) is 0. The highest BCUT2D eigenvalue weighted by Gasteiger charge is 2.20. The summed E-state index contributed by atoms with van der Waals surface area (Å²) in [5, 5.41) is 16.3. The monoisotopic (exact) mass is 262 g/mol. The Hall–Kier alpha value is -2.37. The van der Waals surface area contributed by atoms with Crippen molar-refractivity contribution in [1.29, 1.82) is 0 Å². The molecule has 0 spiro atoms. The number of carboxylic acids is 1. The lowest BCUT2D eigenvalue weighted by molar-refractivity contribution is -0.138. The Balaban J connectivity index is 1.99. The number of hydrogen-bond acceptors (Lipinski definition) is 5. The number of aryl methyl sites for hydroxylation is 1. The van der Waals surface area contributed by atoms with Crippen LogP contribution in [0.15, 0.2) is 28.7 Å². The van der Waals surface area contributed by atoms with Crippen molar-refractivity contribution < 1.29 is 19.1 Å². The van der Waals surface area contributed by atoms with Gasteiger partial charge in [-0.05, 0) is 31.5 Å². The fourth-order valence-corrected chi connectivity index (χ4v) is 1.46. The highest BCUT2D eigenvalue weighted by atomic mass is 16.5. The van der Waals surface area contributed by atoms with Gasteiger partial charge in [0.2, 0.25) is 5.89 Å². The van der Waals surface area contributed by atoms with Gasteiger partial charge in [-0.3, -0.25) is 4.79 Å². The van der Waals surface area contributed by atoms with Crippen molar-refractivity contribution in [3.05, 3.63) is 41.6 Å². The molecule has 0 saturated carbocycles. The van der Waals surface area contributed by atoms with E-state index in [0.717, 1.165) is 5.56 Å². The molecular formula is C13H14N2O4. The summed E-state index contributed by atoms with van der Waals surface area (Å²) >= 11 is 0. The smallest absolute Gasteiger partial charge is 0.315 e. The van der Waals surface area contributed by atoms with Crippen molar-refractivity contribution in [3.63, 3.8) is 0 Å². The maximum Gasteiger partial charge on any atom is 0.315 e. The van der Waals surface area contributed by atoms with Gasteiger partial charge in [-0.25, -0.2) is 0 Å². The summed E-state index contributed by atoms with van der Waals surface area (Å²) in [5.41, 5.74) is 1.09. The lowest BCUT2D eigenvalue weighted by atomic mass is 10.2. The van der Waals surface area contributed by atoms with E-state index in [1.54, 1.807) is 0 Å². The molecule has 0 saturated heterocycles. The van der Waals surface area contributed by atoms with Crippen LogP contribution in [-0.2, 0) is 11.4 Å². The lowest BCUT2D eigenvalue weighted by Crippen LogP contribution is -2.07. The zero-order chi connectivity index (χ0) is 13.8. The van der Waals surface area contributed by atoms with Crippen molar-refractivity contribution in [2.24, 2.45) is 0 Å². The van der Waals surface area contributed by atoms with Gasteiger partial charge in [-0.15, -0.1) is 10.2 Å². The Labute approximate surface area is 110 Å². The number of aliphatic carboxylic acids is 1. The molecule has 1 N–H and O–H groups in total. The van der Waals surface area contributed by atoms with Crippen molar-refractivity contribution >= 4 is 5.97 Å². The first-order valence-electron chi connectivity index (χ1n) is 5.81. The van der Waals surface area contributed by atoms with Crippen LogP contribution in [0.25, 0.3) is 0 Å². The third kappa shape index (κ3) is 3.31. The molecule has 2 aromatic rings. The average Bonchev–Trinajstić information content (AvgIpc) is 2.84. The van der Waals surface area contributed by atoms with Crippen LogP contribution in [0.4, 0.5) is 0 Å². The Bertz CT molecular complexity index is 580. The van der Waals surface area contributed by atoms with Crippen LogP contribution in [-0.4, -0.2) is 21.3 Å². The molecule has 2 rings (SSSR count). The fourth-order valence-electron chi connectivity index (χ4n) is 1.46. The molecule has 0 radical (unpaired) electrons. The predicted octanol–water partition coefficient (Wildman–Crippen LogP) is 2.15. The molecule has 19 heavy (non-hydrogen) atoms. The highest BCUT2D eigenvalue weighted by molar-refractivity contribution is 5.73. The average molecular weight is 262 g/mol. The molecule has 1 unspecified atom stereocenters. The summed E-state index contributed by atoms with van der Waals surface area (Å²) in [6, 6.07) is 7.56. The van der Waals surface area contributed by atoms with Gasteiger partial charge in [0.15, 0.2) is 6.61 Å². The van der Waals surface area contributed by atoms with Crippen molar-refractivity contribution in [1.82, 2.24) is 10.2 Å². The Morgan fingerprint density at radius 3 is 2.95 bits per heavy atom. The number of carbonyl (C=O) groups is 1. The predicted molar refractivity (Wildman–Crippen MR) is 65.9 cm³/mol. The zero-order valence-corrected chi connectivity index (χ0v) is 10.7. The molecule has 100 valence electrons. The number of aromatic nitrogens is 2. The molecule has 0 bridgehead atoms. The summed E-state index contributed by atoms with van der Waals surface area (Å²) in [6.07, 6.45) is 0. The maximum absolute atomic E-state index is 10.8. The lowest BCUT2D eigenvalue weighted by Gasteiger charge is -2.03. The Kier molecular flexibility index (Phi) is 3.79. The largest absolute Gasteiger partial charge is 0.484 e. The SMILES string of the molecule is Cc1cccc(OCc2nnc(C(C)C(=O)O)o2)c1. The van der Waals surface area contributed by atoms with E-state index in [2.05, 4.69) is 10.2 Å². The van der Waals surface area contributed by atoms with Gasteiger partial charge in [0.05, 0.1) is 0 Å². The van der Waals surface area contributed by atoms with Gasteiger partial charge in [-0.1, -0.05) is 12.1 Å². The van der Waals surface area contributed by atoms with E-state index in [1.165, 1.54) is 6.92 Å². The van der Waals surface area contributed by atoms with Crippen LogP contribution in [0.2, 0.25) is 0 Å². The van der Waals surface area contributed by atoms with Crippen molar-refractivity contribution in [2.75, 3.05) is 0 Å². The van der Waals surface area contributed by atoms with Gasteiger partial charge >= 0.3 is 5.97 Å². The molecule has 1 aromatic carbocycles. The number of hydrogen-bond donors (Lipinski definition) is 1. The van der Waals surface area contributed by atoms with Gasteiger partial charge in [0, 0.05) is 0 Å². The second-order valence-corrected chi connectivity index (χ2v) is 4.20. The topological polar surface area (TPSA) is 85.5 Å². The first kappa shape index (κ1) is 13.1. The van der Waals surface area contributed by atoms with Crippen molar-refractivity contribution in [3.8, 4) is 5.75 Å². The number of nitrogens with zero attached hydrogens (tertiary/aromatic N) is 2. The second-order valence-electron chi connectivity index (χ2n) is 4.20. The van der Waals surface area contributed by atoms with Crippen LogP contribution in [0, 0.1) is 6.92 Å². The molecule has 0 aliphatic carbocycles. The Morgan fingerprint density at radius 1 is 1.47 bits per heavy atom. The first-order valence-corrected chi connectivity index (χ1v) is 5.81. The molecule has 0 amide bonds. The normalized spacial score (nSPS) is 12.1. The summed E-state index contributed by atoms with van der Waals surface area (Å²) in [6.45, 7) is 3.57. The standard InChI is InChI=1S/C13H14N2O4/c1-8-4-3-5-10(6-8)18-7-11-14-15-12(19-11)9(2)13(16)17/h3-6,9H,7H2,1-2H3,(H,16,17). The zero-order valence-electron chi connectivity index (χ0n) is 10.7. The molecule has 0 aliphatic heterocycles. The van der Waals surface area contributed by atoms with Gasteiger partial charge in [-0.2, -0.15) is 0 Å². The number of rotatable bonds is 5. The summed E-state index contributed by atoms with van der Waals surface area (Å²) < 4.78 is 10.7. The first-order chi connectivity index (χ1) is 9.06. The van der Waals surface area contributed by atoms with E-state index < -0.39 is 11.9 Å². The number of carboxylic acid groups (broad SMARTS) is 1. The summed E-state index contributed by atoms with van der Waals surface area (Å²) in [4.78, 5) is 10.8. The molecule has 6 nitrogen and oxygen atoms in total. The molecular weight excluding hydrogens is 248 g/mol. The second kappa shape index (κ2) is 5.51. The van der Waals surface area contributed by atoms with E-state index in [4.69, 9.17) is 14.3 Å². The van der Waals surface area contributed by atoms with Gasteiger partial charge < -0.3 is 14.3 Å². The fraction of sp³-hybridized carbons (Fsp3) is 0.308. The minimum atomic E-state index is -1.00. The van der Waals surface area contributed by atoms with E-state index in [1.807, 2.05) is 31.2 Å². The molecule has 0 fully saturated rings. The van der Waals surface area contributed by atoms with Crippen LogP contribution in [0.1, 0.15) is 30.2 Å².